The quantitative estimate of drug-likeness (QED) is 0.756. The maximum atomic E-state index is 13.1. The number of benzene rings is 2. The van der Waals surface area contributed by atoms with Crippen LogP contribution < -0.4 is 4.74 Å². The number of fused-ring (bicyclic) bond motifs is 1. The zero-order valence-electron chi connectivity index (χ0n) is 14.6. The van der Waals surface area contributed by atoms with E-state index in [0.29, 0.717) is 24.8 Å². The van der Waals surface area contributed by atoms with Gasteiger partial charge in [-0.2, -0.15) is 0 Å². The Morgan fingerprint density at radius 2 is 1.96 bits per heavy atom. The van der Waals surface area contributed by atoms with Crippen molar-refractivity contribution in [2.24, 2.45) is 5.41 Å². The minimum atomic E-state index is -0.952. The number of allylic oxidation sites excluding steroid dienone is 1. The summed E-state index contributed by atoms with van der Waals surface area (Å²) in [5.41, 5.74) is 1.73. The number of carbonyl (C=O) groups is 2. The third-order valence-electron chi connectivity index (χ3n) is 5.06. The van der Waals surface area contributed by atoms with Crippen LogP contribution in [0, 0.1) is 5.41 Å². The van der Waals surface area contributed by atoms with Crippen molar-refractivity contribution in [1.82, 2.24) is 0 Å². The fraction of sp³-hybridized carbons (Fsp3) is 0.273. The summed E-state index contributed by atoms with van der Waals surface area (Å²) in [4.78, 5) is 25.6. The first-order valence-corrected chi connectivity index (χ1v) is 8.51. The number of ether oxygens (including phenoxy) is 1. The molecule has 0 spiro atoms. The zero-order chi connectivity index (χ0) is 17.9. The molecule has 0 radical (unpaired) electrons. The van der Waals surface area contributed by atoms with Crippen molar-refractivity contribution >= 4 is 17.6 Å². The molecule has 0 heterocycles. The van der Waals surface area contributed by atoms with E-state index < -0.39 is 5.41 Å². The maximum absolute atomic E-state index is 13.1. The summed E-state index contributed by atoms with van der Waals surface area (Å²) in [6.07, 6.45) is 5.60. The summed E-state index contributed by atoms with van der Waals surface area (Å²) >= 11 is 0. The molecule has 0 unspecified atom stereocenters. The maximum Gasteiger partial charge on any atom is 0.176 e. The highest BCUT2D eigenvalue weighted by Gasteiger charge is 2.45. The highest BCUT2D eigenvalue weighted by molar-refractivity contribution is 6.15. The molecule has 0 aliphatic heterocycles. The molecule has 3 nitrogen and oxygen atoms in total. The van der Waals surface area contributed by atoms with Gasteiger partial charge in [-0.05, 0) is 55.5 Å². The molecule has 0 saturated carbocycles. The molecular weight excluding hydrogens is 312 g/mol. The van der Waals surface area contributed by atoms with Gasteiger partial charge in [-0.25, -0.2) is 0 Å². The molecule has 0 fully saturated rings. The lowest BCUT2D eigenvalue weighted by Crippen LogP contribution is -2.41. The van der Waals surface area contributed by atoms with Gasteiger partial charge in [-0.15, -0.1) is 0 Å². The molecule has 1 aliphatic carbocycles. The molecule has 3 rings (SSSR count). The molecular formula is C22H22O3. The van der Waals surface area contributed by atoms with E-state index in [-0.39, 0.29) is 11.6 Å². The largest absolute Gasteiger partial charge is 0.497 e. The number of methoxy groups -OCH3 is 1. The summed E-state index contributed by atoms with van der Waals surface area (Å²) in [6.45, 7) is 1.53. The topological polar surface area (TPSA) is 43.4 Å². The fourth-order valence-electron chi connectivity index (χ4n) is 3.48. The summed E-state index contributed by atoms with van der Waals surface area (Å²) < 4.78 is 5.24. The number of carbonyl (C=O) groups excluding carboxylic acids is 2. The van der Waals surface area contributed by atoms with Gasteiger partial charge in [0.15, 0.2) is 5.78 Å². The Morgan fingerprint density at radius 3 is 2.64 bits per heavy atom. The van der Waals surface area contributed by atoms with Crippen LogP contribution in [0.4, 0.5) is 0 Å². The number of aryl methyl sites for hydroxylation is 1. The van der Waals surface area contributed by atoms with Crippen LogP contribution in [0.3, 0.4) is 0 Å². The van der Waals surface area contributed by atoms with Crippen molar-refractivity contribution in [3.05, 3.63) is 71.3 Å². The van der Waals surface area contributed by atoms with Crippen LogP contribution in [0.5, 0.6) is 5.75 Å². The van der Waals surface area contributed by atoms with E-state index in [4.69, 9.17) is 4.74 Å². The molecule has 128 valence electrons. The van der Waals surface area contributed by atoms with E-state index in [2.05, 4.69) is 0 Å². The SMILES string of the molecule is COc1ccc2c(c1)CC[C@](C/C=C/c1ccccc1)(C(C)=O)C2=O. The monoisotopic (exact) mass is 334 g/mol. The number of rotatable bonds is 5. The highest BCUT2D eigenvalue weighted by Crippen LogP contribution is 2.40. The molecule has 25 heavy (non-hydrogen) atoms. The number of hydrogen-bond acceptors (Lipinski definition) is 3. The van der Waals surface area contributed by atoms with Crippen LogP contribution in [-0.2, 0) is 11.2 Å². The van der Waals surface area contributed by atoms with Gasteiger partial charge < -0.3 is 4.74 Å². The van der Waals surface area contributed by atoms with E-state index in [1.54, 1.807) is 19.2 Å². The lowest BCUT2D eigenvalue weighted by atomic mass is 9.66. The van der Waals surface area contributed by atoms with Gasteiger partial charge in [-0.1, -0.05) is 42.5 Å². The number of hydrogen-bond donors (Lipinski definition) is 0. The van der Waals surface area contributed by atoms with Crippen LogP contribution in [0.25, 0.3) is 6.08 Å². The van der Waals surface area contributed by atoms with Crippen LogP contribution in [0.15, 0.2) is 54.6 Å². The second-order valence-electron chi connectivity index (χ2n) is 6.51. The molecule has 0 bridgehead atoms. The third kappa shape index (κ3) is 3.27. The Labute approximate surface area is 148 Å². The molecule has 2 aromatic carbocycles. The van der Waals surface area contributed by atoms with E-state index in [1.807, 2.05) is 48.6 Å². The molecule has 0 N–H and O–H groups in total. The van der Waals surface area contributed by atoms with Gasteiger partial charge >= 0.3 is 0 Å². The Balaban J connectivity index is 1.89. The van der Waals surface area contributed by atoms with E-state index in [9.17, 15) is 9.59 Å². The minimum Gasteiger partial charge on any atom is -0.497 e. The van der Waals surface area contributed by atoms with Crippen molar-refractivity contribution in [2.75, 3.05) is 7.11 Å². The van der Waals surface area contributed by atoms with Gasteiger partial charge in [0.25, 0.3) is 0 Å². The minimum absolute atomic E-state index is 0.0586. The van der Waals surface area contributed by atoms with E-state index in [1.165, 1.54) is 6.92 Å². The van der Waals surface area contributed by atoms with Gasteiger partial charge in [-0.3, -0.25) is 9.59 Å². The predicted molar refractivity (Wildman–Crippen MR) is 98.9 cm³/mol. The van der Waals surface area contributed by atoms with Crippen molar-refractivity contribution in [3.63, 3.8) is 0 Å². The molecule has 0 saturated heterocycles. The Hall–Kier alpha value is -2.68. The van der Waals surface area contributed by atoms with Crippen LogP contribution in [-0.4, -0.2) is 18.7 Å². The molecule has 0 amide bonds. The second-order valence-corrected chi connectivity index (χ2v) is 6.51. The first kappa shape index (κ1) is 17.2. The average molecular weight is 334 g/mol. The molecule has 0 aromatic heterocycles. The Bertz CT molecular complexity index is 820. The Kier molecular flexibility index (Phi) is 4.84. The Morgan fingerprint density at radius 1 is 1.20 bits per heavy atom. The lowest BCUT2D eigenvalue weighted by Gasteiger charge is -2.34. The molecule has 2 aromatic rings. The van der Waals surface area contributed by atoms with E-state index >= 15 is 0 Å². The summed E-state index contributed by atoms with van der Waals surface area (Å²) in [5, 5.41) is 0. The van der Waals surface area contributed by atoms with Gasteiger partial charge in [0.1, 0.15) is 11.5 Å². The van der Waals surface area contributed by atoms with Crippen LogP contribution >= 0.6 is 0 Å². The van der Waals surface area contributed by atoms with Crippen molar-refractivity contribution < 1.29 is 14.3 Å². The van der Waals surface area contributed by atoms with Gasteiger partial charge in [0.2, 0.25) is 0 Å². The molecule has 1 atom stereocenters. The number of Topliss-reactive ketones (excluding diaryl/α,β-unsaturated/α-hetero) is 2. The van der Waals surface area contributed by atoms with Crippen LogP contribution in [0.1, 0.15) is 41.3 Å². The highest BCUT2D eigenvalue weighted by atomic mass is 16.5. The molecule has 1 aliphatic rings. The van der Waals surface area contributed by atoms with Crippen molar-refractivity contribution in [2.45, 2.75) is 26.2 Å². The lowest BCUT2D eigenvalue weighted by molar-refractivity contribution is -0.124. The summed E-state index contributed by atoms with van der Waals surface area (Å²) in [6, 6.07) is 15.4. The van der Waals surface area contributed by atoms with Crippen molar-refractivity contribution in [3.8, 4) is 5.75 Å². The van der Waals surface area contributed by atoms with Gasteiger partial charge in [0, 0.05) is 5.56 Å². The third-order valence-corrected chi connectivity index (χ3v) is 5.06. The molecule has 3 heteroatoms. The number of ketones is 2. The predicted octanol–water partition coefficient (Wildman–Crippen LogP) is 4.50. The van der Waals surface area contributed by atoms with Crippen molar-refractivity contribution in [1.29, 1.82) is 0 Å². The fourth-order valence-corrected chi connectivity index (χ4v) is 3.48. The normalized spacial score (nSPS) is 19.7. The zero-order valence-corrected chi connectivity index (χ0v) is 14.6. The average Bonchev–Trinajstić information content (AvgIpc) is 2.64. The summed E-state index contributed by atoms with van der Waals surface area (Å²) in [5.74, 6) is 0.615. The standard InChI is InChI=1S/C22H22O3/c1-16(23)22(13-6-9-17-7-4-3-5-8-17)14-12-18-15-19(25-2)10-11-20(18)21(22)24/h3-11,15H,12-14H2,1-2H3/b9-6+/t22-/m1/s1. The first-order chi connectivity index (χ1) is 12.1. The summed E-state index contributed by atoms with van der Waals surface area (Å²) in [7, 11) is 1.61. The first-order valence-electron chi connectivity index (χ1n) is 8.51. The van der Waals surface area contributed by atoms with E-state index in [0.717, 1.165) is 16.9 Å². The smallest absolute Gasteiger partial charge is 0.176 e. The second kappa shape index (κ2) is 7.06. The van der Waals surface area contributed by atoms with Gasteiger partial charge in [0.05, 0.1) is 12.5 Å². The van der Waals surface area contributed by atoms with Crippen LogP contribution in [0.2, 0.25) is 0 Å².